The number of hydrazine groups is 1. The van der Waals surface area contributed by atoms with Crippen molar-refractivity contribution in [3.05, 3.63) is 0 Å². The molecule has 0 unspecified atom stereocenters. The largest absolute Gasteiger partial charge is 0.480 e. The van der Waals surface area contributed by atoms with E-state index in [-0.39, 0.29) is 12.5 Å². The third-order valence-electron chi connectivity index (χ3n) is 2.09. The number of carbonyl (C=O) groups excluding carboxylic acids is 1. The molecule has 0 aromatic rings. The second kappa shape index (κ2) is 4.23. The van der Waals surface area contributed by atoms with E-state index in [1.165, 1.54) is 5.01 Å². The van der Waals surface area contributed by atoms with Crippen LogP contribution in [0.25, 0.3) is 0 Å². The Morgan fingerprint density at radius 1 is 1.62 bits per heavy atom. The summed E-state index contributed by atoms with van der Waals surface area (Å²) < 4.78 is 0. The fourth-order valence-electron chi connectivity index (χ4n) is 1.47. The normalized spacial score (nSPS) is 19.2. The van der Waals surface area contributed by atoms with Crippen LogP contribution in [0.1, 0.15) is 19.8 Å². The highest BCUT2D eigenvalue weighted by Gasteiger charge is 2.26. The van der Waals surface area contributed by atoms with Gasteiger partial charge in [0.25, 0.3) is 0 Å². The first-order valence-corrected chi connectivity index (χ1v) is 4.42. The number of carboxylic acids is 1. The topological polar surface area (TPSA) is 60.9 Å². The molecule has 1 amide bonds. The number of hydrogen-bond acceptors (Lipinski definition) is 3. The summed E-state index contributed by atoms with van der Waals surface area (Å²) in [6.07, 6.45) is 1.28. The second-order valence-corrected chi connectivity index (χ2v) is 2.99. The highest BCUT2D eigenvalue weighted by Crippen LogP contribution is 2.11. The molecule has 0 aromatic heterocycles. The summed E-state index contributed by atoms with van der Waals surface area (Å²) >= 11 is 0. The van der Waals surface area contributed by atoms with Crippen molar-refractivity contribution in [1.82, 2.24) is 10.0 Å². The molecule has 5 nitrogen and oxygen atoms in total. The van der Waals surface area contributed by atoms with E-state index in [1.807, 2.05) is 6.92 Å². The summed E-state index contributed by atoms with van der Waals surface area (Å²) in [5.74, 6) is -1.05. The van der Waals surface area contributed by atoms with Gasteiger partial charge in [-0.3, -0.25) is 14.6 Å². The van der Waals surface area contributed by atoms with Crippen molar-refractivity contribution in [1.29, 1.82) is 0 Å². The van der Waals surface area contributed by atoms with Gasteiger partial charge in [-0.25, -0.2) is 5.01 Å². The van der Waals surface area contributed by atoms with Gasteiger partial charge < -0.3 is 5.11 Å². The summed E-state index contributed by atoms with van der Waals surface area (Å²) in [5.41, 5.74) is 0. The van der Waals surface area contributed by atoms with Crippen LogP contribution in [0.3, 0.4) is 0 Å². The quantitative estimate of drug-likeness (QED) is 0.670. The predicted octanol–water partition coefficient (Wildman–Crippen LogP) is -0.0697. The monoisotopic (exact) mass is 186 g/mol. The maximum absolute atomic E-state index is 11.3. The third-order valence-corrected chi connectivity index (χ3v) is 2.09. The molecule has 0 bridgehead atoms. The summed E-state index contributed by atoms with van der Waals surface area (Å²) in [6, 6.07) is 0. The lowest BCUT2D eigenvalue weighted by atomic mass is 10.2. The first kappa shape index (κ1) is 9.98. The molecule has 1 heterocycles. The Bertz CT molecular complexity index is 217. The molecule has 1 N–H and O–H groups in total. The molecule has 0 aromatic carbocycles. The fraction of sp³-hybridized carbons (Fsp3) is 0.750. The van der Waals surface area contributed by atoms with Crippen LogP contribution < -0.4 is 0 Å². The van der Waals surface area contributed by atoms with Crippen LogP contribution in [0.5, 0.6) is 0 Å². The second-order valence-electron chi connectivity index (χ2n) is 2.99. The molecular weight excluding hydrogens is 172 g/mol. The van der Waals surface area contributed by atoms with Crippen LogP contribution in [0.2, 0.25) is 0 Å². The Hall–Kier alpha value is -1.10. The van der Waals surface area contributed by atoms with Crippen molar-refractivity contribution in [2.24, 2.45) is 0 Å². The molecule has 1 aliphatic rings. The lowest BCUT2D eigenvalue weighted by molar-refractivity contribution is -0.163. The number of nitrogens with zero attached hydrogens (tertiary/aromatic N) is 2. The van der Waals surface area contributed by atoms with Crippen LogP contribution in [0, 0.1) is 0 Å². The lowest BCUT2D eigenvalue weighted by Crippen LogP contribution is -2.52. The minimum absolute atomic E-state index is 0.0875. The van der Waals surface area contributed by atoms with E-state index in [0.717, 1.165) is 13.0 Å². The minimum atomic E-state index is -0.964. The molecule has 0 aliphatic carbocycles. The van der Waals surface area contributed by atoms with E-state index in [1.54, 1.807) is 5.01 Å². The van der Waals surface area contributed by atoms with Gasteiger partial charge in [0.2, 0.25) is 5.91 Å². The first-order chi connectivity index (χ1) is 6.15. The Labute approximate surface area is 76.9 Å². The molecular formula is C8H14N2O3. The van der Waals surface area contributed by atoms with Gasteiger partial charge >= 0.3 is 5.97 Å². The number of carbonyl (C=O) groups is 2. The molecule has 0 spiro atoms. The van der Waals surface area contributed by atoms with Crippen LogP contribution in [0.15, 0.2) is 0 Å². The Balaban J connectivity index is 2.62. The van der Waals surface area contributed by atoms with Gasteiger partial charge in [-0.15, -0.1) is 0 Å². The summed E-state index contributed by atoms with van der Waals surface area (Å²) in [4.78, 5) is 21.8. The van der Waals surface area contributed by atoms with Gasteiger partial charge in [-0.1, -0.05) is 6.92 Å². The highest BCUT2D eigenvalue weighted by molar-refractivity contribution is 5.81. The molecule has 0 radical (unpaired) electrons. The molecule has 0 saturated carbocycles. The van der Waals surface area contributed by atoms with Crippen molar-refractivity contribution in [2.45, 2.75) is 19.8 Å². The molecule has 5 heteroatoms. The van der Waals surface area contributed by atoms with Gasteiger partial charge in [0.1, 0.15) is 6.54 Å². The Kier molecular flexibility index (Phi) is 3.25. The molecule has 1 saturated heterocycles. The summed E-state index contributed by atoms with van der Waals surface area (Å²) in [6.45, 7) is 3.15. The van der Waals surface area contributed by atoms with E-state index in [2.05, 4.69) is 0 Å². The summed E-state index contributed by atoms with van der Waals surface area (Å²) in [7, 11) is 0. The third kappa shape index (κ3) is 2.42. The van der Waals surface area contributed by atoms with Crippen LogP contribution >= 0.6 is 0 Å². The molecule has 13 heavy (non-hydrogen) atoms. The number of hydrogen-bond donors (Lipinski definition) is 1. The zero-order valence-corrected chi connectivity index (χ0v) is 7.69. The molecule has 74 valence electrons. The Morgan fingerprint density at radius 2 is 2.31 bits per heavy atom. The number of rotatable bonds is 3. The standard InChI is InChI=1S/C8H14N2O3/c1-2-9-5-3-4-7(11)10(9)6-8(12)13/h2-6H2,1H3,(H,12,13). The zero-order chi connectivity index (χ0) is 9.84. The SMILES string of the molecule is CCN1CCCC(=O)N1CC(=O)O. The average Bonchev–Trinajstić information content (AvgIpc) is 2.08. The molecule has 1 aliphatic heterocycles. The number of aliphatic carboxylic acids is 1. The van der Waals surface area contributed by atoms with E-state index >= 15 is 0 Å². The van der Waals surface area contributed by atoms with Crippen molar-refractivity contribution < 1.29 is 14.7 Å². The number of amides is 1. The van der Waals surface area contributed by atoms with Crippen LogP contribution in [-0.4, -0.2) is 46.6 Å². The van der Waals surface area contributed by atoms with Crippen molar-refractivity contribution in [3.63, 3.8) is 0 Å². The average molecular weight is 186 g/mol. The lowest BCUT2D eigenvalue weighted by Gasteiger charge is -2.36. The summed E-state index contributed by atoms with van der Waals surface area (Å²) in [5, 5.41) is 11.7. The van der Waals surface area contributed by atoms with Gasteiger partial charge in [0.05, 0.1) is 0 Å². The first-order valence-electron chi connectivity index (χ1n) is 4.42. The van der Waals surface area contributed by atoms with Gasteiger partial charge in [-0.05, 0) is 6.42 Å². The van der Waals surface area contributed by atoms with E-state index in [9.17, 15) is 9.59 Å². The molecule has 0 atom stereocenters. The van der Waals surface area contributed by atoms with E-state index in [0.29, 0.717) is 13.0 Å². The van der Waals surface area contributed by atoms with Gasteiger partial charge in [0, 0.05) is 19.5 Å². The van der Waals surface area contributed by atoms with Crippen molar-refractivity contribution >= 4 is 11.9 Å². The maximum Gasteiger partial charge on any atom is 0.324 e. The number of carboxylic acid groups (broad SMARTS) is 1. The van der Waals surface area contributed by atoms with Crippen LogP contribution in [-0.2, 0) is 9.59 Å². The predicted molar refractivity (Wildman–Crippen MR) is 45.8 cm³/mol. The van der Waals surface area contributed by atoms with Crippen molar-refractivity contribution in [3.8, 4) is 0 Å². The van der Waals surface area contributed by atoms with E-state index in [4.69, 9.17) is 5.11 Å². The Morgan fingerprint density at radius 3 is 2.85 bits per heavy atom. The molecule has 1 rings (SSSR count). The highest BCUT2D eigenvalue weighted by atomic mass is 16.4. The fourth-order valence-corrected chi connectivity index (χ4v) is 1.47. The van der Waals surface area contributed by atoms with E-state index < -0.39 is 5.97 Å². The van der Waals surface area contributed by atoms with Gasteiger partial charge in [0.15, 0.2) is 0 Å². The smallest absolute Gasteiger partial charge is 0.324 e. The zero-order valence-electron chi connectivity index (χ0n) is 7.69. The molecule has 1 fully saturated rings. The van der Waals surface area contributed by atoms with Crippen LogP contribution in [0.4, 0.5) is 0 Å². The minimum Gasteiger partial charge on any atom is -0.480 e. The maximum atomic E-state index is 11.3. The van der Waals surface area contributed by atoms with Gasteiger partial charge in [-0.2, -0.15) is 0 Å². The van der Waals surface area contributed by atoms with Crippen molar-refractivity contribution in [2.75, 3.05) is 19.6 Å².